The van der Waals surface area contributed by atoms with E-state index in [0.29, 0.717) is 12.0 Å². The van der Waals surface area contributed by atoms with Crippen LogP contribution in [-0.2, 0) is 4.79 Å². The summed E-state index contributed by atoms with van der Waals surface area (Å²) in [6.07, 6.45) is 4.17. The highest BCUT2D eigenvalue weighted by Crippen LogP contribution is 2.27. The molecule has 1 saturated carbocycles. The van der Waals surface area contributed by atoms with Gasteiger partial charge in [0.05, 0.1) is 0 Å². The topological polar surface area (TPSA) is 58.1 Å². The molecule has 5 nitrogen and oxygen atoms in total. The molecule has 1 amide bonds. The lowest BCUT2D eigenvalue weighted by molar-refractivity contribution is -0.125. The van der Waals surface area contributed by atoms with Crippen molar-refractivity contribution in [3.8, 4) is 0 Å². The van der Waals surface area contributed by atoms with Crippen molar-refractivity contribution in [1.82, 2.24) is 14.7 Å². The van der Waals surface area contributed by atoms with E-state index in [1.807, 2.05) is 0 Å². The molecule has 6 heteroatoms. The Labute approximate surface area is 123 Å². The molecule has 2 aliphatic rings. The van der Waals surface area contributed by atoms with Crippen LogP contribution in [0.3, 0.4) is 0 Å². The molecule has 2 heterocycles. The van der Waals surface area contributed by atoms with Crippen molar-refractivity contribution in [2.75, 3.05) is 18.0 Å². The van der Waals surface area contributed by atoms with Gasteiger partial charge in [-0.1, -0.05) is 13.8 Å². The number of rotatable bonds is 4. The molecule has 1 N–H and O–H groups in total. The van der Waals surface area contributed by atoms with Crippen molar-refractivity contribution in [2.24, 2.45) is 5.92 Å². The monoisotopic (exact) mass is 294 g/mol. The fraction of sp³-hybridized carbons (Fsp3) is 0.786. The predicted molar refractivity (Wildman–Crippen MR) is 80.1 cm³/mol. The summed E-state index contributed by atoms with van der Waals surface area (Å²) in [5.74, 6) is 1.75. The molecule has 1 aliphatic carbocycles. The average molecular weight is 294 g/mol. The molecule has 1 aromatic rings. The number of hydrogen-bond acceptors (Lipinski definition) is 5. The van der Waals surface area contributed by atoms with E-state index < -0.39 is 0 Å². The highest BCUT2D eigenvalue weighted by molar-refractivity contribution is 7.09. The van der Waals surface area contributed by atoms with Gasteiger partial charge in [-0.3, -0.25) is 4.79 Å². The van der Waals surface area contributed by atoms with Gasteiger partial charge in [-0.15, -0.1) is 0 Å². The van der Waals surface area contributed by atoms with Gasteiger partial charge in [-0.2, -0.15) is 4.37 Å². The maximum absolute atomic E-state index is 12.0. The molecule has 2 fully saturated rings. The molecule has 1 saturated heterocycles. The Morgan fingerprint density at radius 2 is 2.00 bits per heavy atom. The Balaban J connectivity index is 1.53. The van der Waals surface area contributed by atoms with Crippen LogP contribution < -0.4 is 10.2 Å². The molecule has 0 bridgehead atoms. The molecule has 0 spiro atoms. The first-order valence-corrected chi connectivity index (χ1v) is 8.29. The Morgan fingerprint density at radius 1 is 1.30 bits per heavy atom. The van der Waals surface area contributed by atoms with Crippen LogP contribution in [-0.4, -0.2) is 34.4 Å². The van der Waals surface area contributed by atoms with Crippen LogP contribution in [0.1, 0.15) is 51.3 Å². The summed E-state index contributed by atoms with van der Waals surface area (Å²) in [5.41, 5.74) is 0. The predicted octanol–water partition coefficient (Wildman–Crippen LogP) is 2.16. The Kier molecular flexibility index (Phi) is 3.92. The van der Waals surface area contributed by atoms with Crippen molar-refractivity contribution in [2.45, 2.75) is 51.5 Å². The van der Waals surface area contributed by atoms with Crippen molar-refractivity contribution in [1.29, 1.82) is 0 Å². The molecule has 110 valence electrons. The van der Waals surface area contributed by atoms with Gasteiger partial charge in [0.15, 0.2) is 0 Å². The summed E-state index contributed by atoms with van der Waals surface area (Å²) in [6, 6.07) is 0.470. The average Bonchev–Trinajstić information content (AvgIpc) is 3.11. The van der Waals surface area contributed by atoms with Crippen LogP contribution >= 0.6 is 11.5 Å². The Bertz CT molecular complexity index is 475. The van der Waals surface area contributed by atoms with E-state index in [-0.39, 0.29) is 11.8 Å². The van der Waals surface area contributed by atoms with E-state index in [0.717, 1.165) is 49.7 Å². The third kappa shape index (κ3) is 3.11. The SMILES string of the molecule is CC(C)c1nsc(N2CCC(C(=O)NC3CC3)CC2)n1. The van der Waals surface area contributed by atoms with Crippen LogP contribution in [0.4, 0.5) is 5.13 Å². The minimum atomic E-state index is 0.185. The van der Waals surface area contributed by atoms with Gasteiger partial charge in [0.25, 0.3) is 0 Å². The van der Waals surface area contributed by atoms with Crippen molar-refractivity contribution in [3.63, 3.8) is 0 Å². The lowest BCUT2D eigenvalue weighted by atomic mass is 9.96. The van der Waals surface area contributed by atoms with Crippen molar-refractivity contribution in [3.05, 3.63) is 5.82 Å². The molecule has 20 heavy (non-hydrogen) atoms. The zero-order chi connectivity index (χ0) is 14.1. The zero-order valence-electron chi connectivity index (χ0n) is 12.1. The van der Waals surface area contributed by atoms with Gasteiger partial charge < -0.3 is 10.2 Å². The maximum atomic E-state index is 12.0. The largest absolute Gasteiger partial charge is 0.353 e. The fourth-order valence-corrected chi connectivity index (χ4v) is 3.33. The number of piperidine rings is 1. The van der Waals surface area contributed by atoms with Crippen LogP contribution in [0.5, 0.6) is 0 Å². The minimum Gasteiger partial charge on any atom is -0.353 e. The third-order valence-corrected chi connectivity index (χ3v) is 4.80. The first-order valence-electron chi connectivity index (χ1n) is 7.52. The van der Waals surface area contributed by atoms with Gasteiger partial charge in [-0.25, -0.2) is 4.98 Å². The Hall–Kier alpha value is -1.17. The number of carbonyl (C=O) groups excluding carboxylic acids is 1. The van der Waals surface area contributed by atoms with Crippen molar-refractivity contribution >= 4 is 22.6 Å². The number of nitrogens with zero attached hydrogens (tertiary/aromatic N) is 3. The first kappa shape index (κ1) is 13.8. The summed E-state index contributed by atoms with van der Waals surface area (Å²) in [5, 5.41) is 4.12. The van der Waals surface area contributed by atoms with E-state index in [1.54, 1.807) is 0 Å². The summed E-state index contributed by atoms with van der Waals surface area (Å²) in [7, 11) is 0. The number of aromatic nitrogens is 2. The smallest absolute Gasteiger partial charge is 0.223 e. The van der Waals surface area contributed by atoms with Crippen molar-refractivity contribution < 1.29 is 4.79 Å². The van der Waals surface area contributed by atoms with Crippen LogP contribution in [0, 0.1) is 5.92 Å². The molecule has 0 radical (unpaired) electrons. The van der Waals surface area contributed by atoms with E-state index in [2.05, 4.69) is 33.4 Å². The normalized spacial score (nSPS) is 20.4. The molecule has 0 unspecified atom stereocenters. The van der Waals surface area contributed by atoms with Gasteiger partial charge in [0.1, 0.15) is 5.82 Å². The first-order chi connectivity index (χ1) is 9.63. The van der Waals surface area contributed by atoms with Gasteiger partial charge in [-0.05, 0) is 25.7 Å². The van der Waals surface area contributed by atoms with E-state index >= 15 is 0 Å². The van der Waals surface area contributed by atoms with Gasteiger partial charge in [0.2, 0.25) is 11.0 Å². The molecule has 3 rings (SSSR count). The minimum absolute atomic E-state index is 0.185. The number of amides is 1. The fourth-order valence-electron chi connectivity index (χ4n) is 2.47. The van der Waals surface area contributed by atoms with Gasteiger partial charge >= 0.3 is 0 Å². The second kappa shape index (κ2) is 5.68. The second-order valence-corrected chi connectivity index (χ2v) is 6.86. The third-order valence-electron chi connectivity index (χ3n) is 4.01. The highest BCUT2D eigenvalue weighted by Gasteiger charge is 2.30. The maximum Gasteiger partial charge on any atom is 0.223 e. The van der Waals surface area contributed by atoms with E-state index in [4.69, 9.17) is 0 Å². The van der Waals surface area contributed by atoms with E-state index in [9.17, 15) is 4.79 Å². The molecular weight excluding hydrogens is 272 g/mol. The number of hydrogen-bond donors (Lipinski definition) is 1. The number of carbonyl (C=O) groups is 1. The Morgan fingerprint density at radius 3 is 2.55 bits per heavy atom. The standard InChI is InChI=1S/C14H22N4OS/c1-9(2)12-16-14(20-17-12)18-7-5-10(6-8-18)13(19)15-11-3-4-11/h9-11H,3-8H2,1-2H3,(H,15,19). The van der Waals surface area contributed by atoms with E-state index in [1.165, 1.54) is 11.5 Å². The second-order valence-electron chi connectivity index (χ2n) is 6.13. The summed E-state index contributed by atoms with van der Waals surface area (Å²) in [6.45, 7) is 6.05. The molecule has 0 atom stereocenters. The number of nitrogens with one attached hydrogen (secondary N) is 1. The number of anilines is 1. The molecule has 1 aromatic heterocycles. The summed E-state index contributed by atoms with van der Waals surface area (Å²) < 4.78 is 4.40. The van der Waals surface area contributed by atoms with Crippen LogP contribution in [0.2, 0.25) is 0 Å². The molecule has 1 aliphatic heterocycles. The molecule has 0 aromatic carbocycles. The summed E-state index contributed by atoms with van der Waals surface area (Å²) in [4.78, 5) is 18.9. The quantitative estimate of drug-likeness (QED) is 0.924. The molecular formula is C14H22N4OS. The van der Waals surface area contributed by atoms with Crippen LogP contribution in [0.15, 0.2) is 0 Å². The lowest BCUT2D eigenvalue weighted by Gasteiger charge is -2.30. The highest BCUT2D eigenvalue weighted by atomic mass is 32.1. The summed E-state index contributed by atoms with van der Waals surface area (Å²) >= 11 is 1.48. The lowest BCUT2D eigenvalue weighted by Crippen LogP contribution is -2.41. The van der Waals surface area contributed by atoms with Gasteiger partial charge in [0, 0.05) is 42.5 Å². The zero-order valence-corrected chi connectivity index (χ0v) is 12.9. The van der Waals surface area contributed by atoms with Crippen LogP contribution in [0.25, 0.3) is 0 Å².